The number of benzene rings is 1. The van der Waals surface area contributed by atoms with Gasteiger partial charge in [-0.25, -0.2) is 4.79 Å². The van der Waals surface area contributed by atoms with Gasteiger partial charge in [-0.1, -0.05) is 19.1 Å². The van der Waals surface area contributed by atoms with E-state index in [0.29, 0.717) is 0 Å². The molecule has 8 heteroatoms. The minimum atomic E-state index is -1.27. The highest BCUT2D eigenvalue weighted by atomic mass is 16.5. The van der Waals surface area contributed by atoms with Crippen LogP contribution in [0.3, 0.4) is 0 Å². The molecule has 1 rings (SSSR count). The SMILES string of the molecule is CCOC(=O)[C@@H](C)C[C@H](NC(=O)c1ccccc1NC(C)=O)C(=O)O. The number of carboxylic acids is 1. The second-order valence-corrected chi connectivity index (χ2v) is 5.48. The van der Waals surface area contributed by atoms with E-state index in [2.05, 4.69) is 10.6 Å². The van der Waals surface area contributed by atoms with Crippen molar-refractivity contribution in [1.82, 2.24) is 5.32 Å². The maximum Gasteiger partial charge on any atom is 0.326 e. The maximum atomic E-state index is 12.4. The van der Waals surface area contributed by atoms with Crippen LogP contribution in [0.5, 0.6) is 0 Å². The summed E-state index contributed by atoms with van der Waals surface area (Å²) in [6, 6.07) is 4.97. The summed E-state index contributed by atoms with van der Waals surface area (Å²) >= 11 is 0. The average molecular weight is 350 g/mol. The van der Waals surface area contributed by atoms with Gasteiger partial charge in [0.25, 0.3) is 5.91 Å². The number of aliphatic carboxylic acids is 1. The molecule has 0 unspecified atom stereocenters. The Labute approximate surface area is 145 Å². The molecule has 2 amide bonds. The van der Waals surface area contributed by atoms with Gasteiger partial charge in [-0.05, 0) is 25.5 Å². The van der Waals surface area contributed by atoms with Crippen LogP contribution in [-0.2, 0) is 19.1 Å². The molecule has 0 radical (unpaired) electrons. The first-order valence-corrected chi connectivity index (χ1v) is 7.83. The third-order valence-corrected chi connectivity index (χ3v) is 3.36. The van der Waals surface area contributed by atoms with Gasteiger partial charge < -0.3 is 20.5 Å². The number of rotatable bonds is 8. The summed E-state index contributed by atoms with van der Waals surface area (Å²) in [5.74, 6) is -3.49. The van der Waals surface area contributed by atoms with Crippen LogP contribution < -0.4 is 10.6 Å². The van der Waals surface area contributed by atoms with E-state index in [-0.39, 0.29) is 30.2 Å². The van der Waals surface area contributed by atoms with Crippen LogP contribution in [0.4, 0.5) is 5.69 Å². The normalized spacial score (nSPS) is 12.6. The molecule has 0 bridgehead atoms. The highest BCUT2D eigenvalue weighted by Gasteiger charge is 2.27. The van der Waals surface area contributed by atoms with E-state index in [4.69, 9.17) is 4.74 Å². The molecular weight excluding hydrogens is 328 g/mol. The van der Waals surface area contributed by atoms with Gasteiger partial charge in [0.15, 0.2) is 0 Å². The van der Waals surface area contributed by atoms with Crippen LogP contribution in [0.2, 0.25) is 0 Å². The molecule has 0 fully saturated rings. The molecule has 0 saturated carbocycles. The highest BCUT2D eigenvalue weighted by molar-refractivity contribution is 6.04. The number of nitrogens with one attached hydrogen (secondary N) is 2. The predicted molar refractivity (Wildman–Crippen MR) is 90.0 cm³/mol. The van der Waals surface area contributed by atoms with Gasteiger partial charge in [0, 0.05) is 6.92 Å². The number of esters is 1. The topological polar surface area (TPSA) is 122 Å². The van der Waals surface area contributed by atoms with Gasteiger partial charge in [-0.3, -0.25) is 14.4 Å². The van der Waals surface area contributed by atoms with Crippen LogP contribution in [-0.4, -0.2) is 41.5 Å². The fourth-order valence-corrected chi connectivity index (χ4v) is 2.17. The molecule has 1 aromatic rings. The molecule has 0 aliphatic heterocycles. The third kappa shape index (κ3) is 6.25. The molecule has 25 heavy (non-hydrogen) atoms. The summed E-state index contributed by atoms with van der Waals surface area (Å²) in [6.07, 6.45) is -0.109. The number of carbonyl (C=O) groups is 4. The number of hydrogen-bond acceptors (Lipinski definition) is 5. The molecule has 0 saturated heterocycles. The van der Waals surface area contributed by atoms with Crippen molar-refractivity contribution in [2.45, 2.75) is 33.2 Å². The zero-order valence-electron chi connectivity index (χ0n) is 14.4. The van der Waals surface area contributed by atoms with Crippen LogP contribution in [0.25, 0.3) is 0 Å². The number of amides is 2. The Morgan fingerprint density at radius 3 is 2.40 bits per heavy atom. The van der Waals surface area contributed by atoms with Crippen molar-refractivity contribution in [3.63, 3.8) is 0 Å². The van der Waals surface area contributed by atoms with Gasteiger partial charge in [0.05, 0.1) is 23.8 Å². The Kier molecular flexibility index (Phi) is 7.58. The molecule has 136 valence electrons. The Balaban J connectivity index is 2.89. The number of ether oxygens (including phenoxy) is 1. The fraction of sp³-hybridized carbons (Fsp3) is 0.412. The van der Waals surface area contributed by atoms with E-state index in [9.17, 15) is 24.3 Å². The van der Waals surface area contributed by atoms with Crippen molar-refractivity contribution in [2.24, 2.45) is 5.92 Å². The Morgan fingerprint density at radius 1 is 1.20 bits per heavy atom. The summed E-state index contributed by atoms with van der Waals surface area (Å²) in [7, 11) is 0. The Bertz CT molecular complexity index is 658. The smallest absolute Gasteiger partial charge is 0.326 e. The molecular formula is C17H22N2O6. The van der Waals surface area contributed by atoms with Crippen molar-refractivity contribution in [1.29, 1.82) is 0 Å². The zero-order valence-corrected chi connectivity index (χ0v) is 14.4. The molecule has 8 nitrogen and oxygen atoms in total. The molecule has 1 aromatic carbocycles. The van der Waals surface area contributed by atoms with Crippen molar-refractivity contribution in [3.8, 4) is 0 Å². The lowest BCUT2D eigenvalue weighted by molar-refractivity contribution is -0.148. The predicted octanol–water partition coefficient (Wildman–Crippen LogP) is 1.42. The summed E-state index contributed by atoms with van der Waals surface area (Å²) in [6.45, 7) is 4.68. The first-order chi connectivity index (χ1) is 11.8. The minimum Gasteiger partial charge on any atom is -0.480 e. The lowest BCUT2D eigenvalue weighted by Crippen LogP contribution is -2.43. The number of para-hydroxylation sites is 1. The average Bonchev–Trinajstić information content (AvgIpc) is 2.54. The first kappa shape index (κ1) is 20.1. The molecule has 0 aliphatic rings. The van der Waals surface area contributed by atoms with Crippen LogP contribution in [0.1, 0.15) is 37.6 Å². The standard InChI is InChI=1S/C17H22N2O6/c1-4-25-17(24)10(2)9-14(16(22)23)19-15(21)12-7-5-6-8-13(12)18-11(3)20/h5-8,10,14H,4,9H2,1-3H3,(H,18,20)(H,19,21)(H,22,23)/t10-,14-/m0/s1. The molecule has 3 N–H and O–H groups in total. The van der Waals surface area contributed by atoms with Crippen LogP contribution in [0, 0.1) is 5.92 Å². The van der Waals surface area contributed by atoms with E-state index in [1.54, 1.807) is 19.1 Å². The maximum absolute atomic E-state index is 12.4. The van der Waals surface area contributed by atoms with E-state index >= 15 is 0 Å². The first-order valence-electron chi connectivity index (χ1n) is 7.83. The van der Waals surface area contributed by atoms with Gasteiger partial charge >= 0.3 is 11.9 Å². The Morgan fingerprint density at radius 2 is 1.84 bits per heavy atom. The van der Waals surface area contributed by atoms with E-state index < -0.39 is 29.8 Å². The summed E-state index contributed by atoms with van der Waals surface area (Å²) in [4.78, 5) is 46.7. The molecule has 2 atom stereocenters. The molecule has 0 spiro atoms. The van der Waals surface area contributed by atoms with Gasteiger partial charge in [0.2, 0.25) is 5.91 Å². The van der Waals surface area contributed by atoms with Gasteiger partial charge in [-0.2, -0.15) is 0 Å². The number of carbonyl (C=O) groups excluding carboxylic acids is 3. The van der Waals surface area contributed by atoms with Crippen molar-refractivity contribution in [3.05, 3.63) is 29.8 Å². The quantitative estimate of drug-likeness (QED) is 0.610. The second-order valence-electron chi connectivity index (χ2n) is 5.48. The number of anilines is 1. The fourth-order valence-electron chi connectivity index (χ4n) is 2.17. The largest absolute Gasteiger partial charge is 0.480 e. The van der Waals surface area contributed by atoms with E-state index in [0.717, 1.165) is 0 Å². The lowest BCUT2D eigenvalue weighted by atomic mass is 10.0. The van der Waals surface area contributed by atoms with Crippen LogP contribution in [0.15, 0.2) is 24.3 Å². The molecule has 0 heterocycles. The lowest BCUT2D eigenvalue weighted by Gasteiger charge is -2.19. The Hall–Kier alpha value is -2.90. The third-order valence-electron chi connectivity index (χ3n) is 3.36. The van der Waals surface area contributed by atoms with Crippen LogP contribution >= 0.6 is 0 Å². The summed E-state index contributed by atoms with van der Waals surface area (Å²) in [5, 5.41) is 14.2. The molecule has 0 aliphatic carbocycles. The van der Waals surface area contributed by atoms with E-state index in [1.165, 1.54) is 26.0 Å². The minimum absolute atomic E-state index is 0.109. The number of hydrogen-bond donors (Lipinski definition) is 3. The van der Waals surface area contributed by atoms with Gasteiger partial charge in [0.1, 0.15) is 6.04 Å². The molecule has 0 aromatic heterocycles. The van der Waals surface area contributed by atoms with Crippen molar-refractivity contribution >= 4 is 29.4 Å². The van der Waals surface area contributed by atoms with E-state index in [1.807, 2.05) is 0 Å². The highest BCUT2D eigenvalue weighted by Crippen LogP contribution is 2.16. The zero-order chi connectivity index (χ0) is 19.0. The monoisotopic (exact) mass is 350 g/mol. The van der Waals surface area contributed by atoms with Crippen molar-refractivity contribution in [2.75, 3.05) is 11.9 Å². The summed E-state index contributed by atoms with van der Waals surface area (Å²) < 4.78 is 4.84. The second kappa shape index (κ2) is 9.41. The number of carboxylic acid groups (broad SMARTS) is 1. The summed E-state index contributed by atoms with van der Waals surface area (Å²) in [5.41, 5.74) is 0.405. The van der Waals surface area contributed by atoms with Gasteiger partial charge in [-0.15, -0.1) is 0 Å². The van der Waals surface area contributed by atoms with Crippen molar-refractivity contribution < 1.29 is 29.0 Å².